The smallest absolute Gasteiger partial charge is 0.287 e. The van der Waals surface area contributed by atoms with E-state index in [1.54, 1.807) is 0 Å². The summed E-state index contributed by atoms with van der Waals surface area (Å²) in [5.74, 6) is 0.432. The van der Waals surface area contributed by atoms with Gasteiger partial charge in [0.2, 0.25) is 0 Å². The third-order valence-corrected chi connectivity index (χ3v) is 2.03. The third-order valence-electron chi connectivity index (χ3n) is 2.03. The van der Waals surface area contributed by atoms with E-state index in [2.05, 4.69) is 4.98 Å². The van der Waals surface area contributed by atoms with Crippen LogP contribution in [-0.4, -0.2) is 15.7 Å². The maximum absolute atomic E-state index is 11.5. The molecule has 0 atom stereocenters. The standard InChI is InChI=1S/C11H14N2O3/c1-8(2)5-11(14)6-9-3-4-10(7-12-9)13(15)16/h3-4,7-8H,5-6H2,1-2H3. The molecule has 0 saturated heterocycles. The molecule has 1 rings (SSSR count). The van der Waals surface area contributed by atoms with Crippen molar-refractivity contribution in [3.05, 3.63) is 34.1 Å². The summed E-state index contributed by atoms with van der Waals surface area (Å²) in [5, 5.41) is 10.4. The second-order valence-corrected chi connectivity index (χ2v) is 4.08. The lowest BCUT2D eigenvalue weighted by Gasteiger charge is -2.03. The van der Waals surface area contributed by atoms with Crippen molar-refractivity contribution in [1.82, 2.24) is 4.98 Å². The number of Topliss-reactive ketones (excluding diaryl/α,β-unsaturated/α-hetero) is 1. The highest BCUT2D eigenvalue weighted by Crippen LogP contribution is 2.10. The van der Waals surface area contributed by atoms with Crippen molar-refractivity contribution in [2.45, 2.75) is 26.7 Å². The molecule has 0 spiro atoms. The first-order chi connectivity index (χ1) is 7.49. The zero-order valence-corrected chi connectivity index (χ0v) is 9.34. The van der Waals surface area contributed by atoms with Crippen LogP contribution in [0.1, 0.15) is 26.0 Å². The van der Waals surface area contributed by atoms with E-state index >= 15 is 0 Å². The van der Waals surface area contributed by atoms with Gasteiger partial charge in [-0.05, 0) is 12.0 Å². The normalized spacial score (nSPS) is 10.4. The zero-order chi connectivity index (χ0) is 12.1. The number of carbonyl (C=O) groups is 1. The average Bonchev–Trinajstić information content (AvgIpc) is 2.16. The van der Waals surface area contributed by atoms with Gasteiger partial charge in [-0.25, -0.2) is 0 Å². The largest absolute Gasteiger partial charge is 0.299 e. The Morgan fingerprint density at radius 1 is 1.50 bits per heavy atom. The summed E-state index contributed by atoms with van der Waals surface area (Å²) in [7, 11) is 0. The second-order valence-electron chi connectivity index (χ2n) is 4.08. The van der Waals surface area contributed by atoms with Crippen LogP contribution in [0.4, 0.5) is 5.69 Å². The van der Waals surface area contributed by atoms with Gasteiger partial charge in [0.25, 0.3) is 5.69 Å². The number of pyridine rings is 1. The first kappa shape index (κ1) is 12.3. The fourth-order valence-corrected chi connectivity index (χ4v) is 1.36. The number of hydrogen-bond donors (Lipinski definition) is 0. The van der Waals surface area contributed by atoms with Crippen LogP contribution in [0, 0.1) is 16.0 Å². The third kappa shape index (κ3) is 3.76. The average molecular weight is 222 g/mol. The maximum atomic E-state index is 11.5. The Hall–Kier alpha value is -1.78. The second kappa shape index (κ2) is 5.34. The molecule has 0 amide bonds. The molecule has 0 aliphatic rings. The number of nitrogens with zero attached hydrogens (tertiary/aromatic N) is 2. The van der Waals surface area contributed by atoms with Gasteiger partial charge in [-0.2, -0.15) is 0 Å². The molecule has 0 unspecified atom stereocenters. The van der Waals surface area contributed by atoms with E-state index in [-0.39, 0.29) is 17.9 Å². The highest BCUT2D eigenvalue weighted by molar-refractivity contribution is 5.80. The molecule has 0 bridgehead atoms. The number of carbonyl (C=O) groups excluding carboxylic acids is 1. The van der Waals surface area contributed by atoms with Crippen LogP contribution < -0.4 is 0 Å². The quantitative estimate of drug-likeness (QED) is 0.565. The summed E-state index contributed by atoms with van der Waals surface area (Å²) in [4.78, 5) is 25.2. The minimum Gasteiger partial charge on any atom is -0.299 e. The highest BCUT2D eigenvalue weighted by atomic mass is 16.6. The van der Waals surface area contributed by atoms with Crippen LogP contribution in [0.5, 0.6) is 0 Å². The van der Waals surface area contributed by atoms with E-state index in [9.17, 15) is 14.9 Å². The van der Waals surface area contributed by atoms with Crippen molar-refractivity contribution in [1.29, 1.82) is 0 Å². The minimum atomic E-state index is -0.507. The molecule has 86 valence electrons. The van der Waals surface area contributed by atoms with Gasteiger partial charge in [-0.15, -0.1) is 0 Å². The molecule has 0 aliphatic heterocycles. The minimum absolute atomic E-state index is 0.0555. The van der Waals surface area contributed by atoms with E-state index in [0.29, 0.717) is 18.0 Å². The van der Waals surface area contributed by atoms with Crippen LogP contribution in [0.3, 0.4) is 0 Å². The number of hydrogen-bond acceptors (Lipinski definition) is 4. The first-order valence-electron chi connectivity index (χ1n) is 5.10. The molecule has 1 aromatic rings. The van der Waals surface area contributed by atoms with Crippen molar-refractivity contribution < 1.29 is 9.72 Å². The van der Waals surface area contributed by atoms with Gasteiger partial charge in [0.15, 0.2) is 0 Å². The van der Waals surface area contributed by atoms with Crippen molar-refractivity contribution in [2.24, 2.45) is 5.92 Å². The Bertz CT molecular complexity index is 385. The Morgan fingerprint density at radius 3 is 2.62 bits per heavy atom. The van der Waals surface area contributed by atoms with E-state index in [1.165, 1.54) is 18.3 Å². The van der Waals surface area contributed by atoms with Crippen LogP contribution >= 0.6 is 0 Å². The first-order valence-corrected chi connectivity index (χ1v) is 5.10. The number of ketones is 1. The molecule has 0 aromatic carbocycles. The van der Waals surface area contributed by atoms with Gasteiger partial charge in [-0.1, -0.05) is 13.8 Å². The molecule has 5 heteroatoms. The van der Waals surface area contributed by atoms with E-state index in [0.717, 1.165) is 0 Å². The summed E-state index contributed by atoms with van der Waals surface area (Å²) < 4.78 is 0. The van der Waals surface area contributed by atoms with Gasteiger partial charge in [-0.3, -0.25) is 19.9 Å². The topological polar surface area (TPSA) is 73.1 Å². The molecule has 0 radical (unpaired) electrons. The number of rotatable bonds is 5. The predicted octanol–water partition coefficient (Wildman–Crippen LogP) is 2.15. The molecule has 1 aromatic heterocycles. The Labute approximate surface area is 93.7 Å². The van der Waals surface area contributed by atoms with Crippen molar-refractivity contribution in [3.63, 3.8) is 0 Å². The highest BCUT2D eigenvalue weighted by Gasteiger charge is 2.09. The molecular weight excluding hydrogens is 208 g/mol. The van der Waals surface area contributed by atoms with Gasteiger partial charge in [0.05, 0.1) is 4.92 Å². The van der Waals surface area contributed by atoms with Gasteiger partial charge >= 0.3 is 0 Å². The molecule has 0 fully saturated rings. The van der Waals surface area contributed by atoms with Gasteiger partial charge in [0, 0.05) is 24.6 Å². The number of nitro groups is 1. The SMILES string of the molecule is CC(C)CC(=O)Cc1ccc([N+](=O)[O-])cn1. The molecular formula is C11H14N2O3. The lowest BCUT2D eigenvalue weighted by Crippen LogP contribution is -2.07. The van der Waals surface area contributed by atoms with Crippen molar-refractivity contribution in [2.75, 3.05) is 0 Å². The van der Waals surface area contributed by atoms with E-state index in [1.807, 2.05) is 13.8 Å². The van der Waals surface area contributed by atoms with Crippen LogP contribution in [0.25, 0.3) is 0 Å². The van der Waals surface area contributed by atoms with E-state index < -0.39 is 4.92 Å². The summed E-state index contributed by atoms with van der Waals surface area (Å²) in [6, 6.07) is 2.89. The molecule has 1 heterocycles. The zero-order valence-electron chi connectivity index (χ0n) is 9.34. The Morgan fingerprint density at radius 2 is 2.19 bits per heavy atom. The fraction of sp³-hybridized carbons (Fsp3) is 0.455. The molecule has 0 N–H and O–H groups in total. The van der Waals surface area contributed by atoms with Crippen LogP contribution in [-0.2, 0) is 11.2 Å². The van der Waals surface area contributed by atoms with Crippen molar-refractivity contribution >= 4 is 11.5 Å². The fourth-order valence-electron chi connectivity index (χ4n) is 1.36. The summed E-state index contributed by atoms with van der Waals surface area (Å²) in [5.41, 5.74) is 0.524. The summed E-state index contributed by atoms with van der Waals surface area (Å²) in [6.07, 6.45) is 1.94. The lowest BCUT2D eigenvalue weighted by molar-refractivity contribution is -0.385. The van der Waals surface area contributed by atoms with Crippen LogP contribution in [0.15, 0.2) is 18.3 Å². The van der Waals surface area contributed by atoms with Gasteiger partial charge < -0.3 is 0 Å². The predicted molar refractivity (Wildman–Crippen MR) is 59.1 cm³/mol. The number of aromatic nitrogens is 1. The van der Waals surface area contributed by atoms with Crippen LogP contribution in [0.2, 0.25) is 0 Å². The molecule has 0 saturated carbocycles. The monoisotopic (exact) mass is 222 g/mol. The van der Waals surface area contributed by atoms with E-state index in [4.69, 9.17) is 0 Å². The molecule has 0 aliphatic carbocycles. The lowest BCUT2D eigenvalue weighted by atomic mass is 10.0. The summed E-state index contributed by atoms with van der Waals surface area (Å²) >= 11 is 0. The summed E-state index contributed by atoms with van der Waals surface area (Å²) in [6.45, 7) is 3.95. The van der Waals surface area contributed by atoms with Gasteiger partial charge in [0.1, 0.15) is 12.0 Å². The molecule has 5 nitrogen and oxygen atoms in total. The Balaban J connectivity index is 2.62. The van der Waals surface area contributed by atoms with Crippen molar-refractivity contribution in [3.8, 4) is 0 Å². The molecule has 16 heavy (non-hydrogen) atoms. The maximum Gasteiger partial charge on any atom is 0.287 e. The Kier molecular flexibility index (Phi) is 4.10.